The normalized spacial score (nSPS) is 21.8. The first-order valence-electron chi connectivity index (χ1n) is 7.31. The average molecular weight is 324 g/mol. The first-order valence-corrected chi connectivity index (χ1v) is 7.31. The second kappa shape index (κ2) is 6.21. The molecule has 1 N–H and O–H groups in total. The van der Waals surface area contributed by atoms with Crippen molar-refractivity contribution >= 4 is 5.95 Å². The molecule has 2 heterocycles. The molecular formula is C15H18F2N4O2. The Labute approximate surface area is 132 Å². The minimum Gasteiger partial charge on any atom is -0.392 e. The molecule has 6 nitrogen and oxygen atoms in total. The van der Waals surface area contributed by atoms with Crippen LogP contribution in [0.2, 0.25) is 0 Å². The molecule has 0 amide bonds. The van der Waals surface area contributed by atoms with E-state index < -0.39 is 17.7 Å². The lowest BCUT2D eigenvalue weighted by Crippen LogP contribution is -2.24. The molecule has 8 heteroatoms. The zero-order chi connectivity index (χ0) is 16.6. The largest absolute Gasteiger partial charge is 0.392 e. The van der Waals surface area contributed by atoms with Crippen molar-refractivity contribution in [1.82, 2.24) is 15.0 Å². The molecule has 0 aliphatic carbocycles. The van der Waals surface area contributed by atoms with Gasteiger partial charge in [-0.2, -0.15) is 4.98 Å². The molecule has 2 aromatic rings. The third kappa shape index (κ3) is 3.32. The summed E-state index contributed by atoms with van der Waals surface area (Å²) in [5, 5.41) is 13.8. The van der Waals surface area contributed by atoms with Crippen LogP contribution in [-0.4, -0.2) is 46.9 Å². The van der Waals surface area contributed by atoms with Crippen LogP contribution in [-0.2, 0) is 6.54 Å². The highest BCUT2D eigenvalue weighted by molar-refractivity contribution is 5.25. The van der Waals surface area contributed by atoms with Crippen LogP contribution >= 0.6 is 0 Å². The van der Waals surface area contributed by atoms with E-state index in [0.29, 0.717) is 36.9 Å². The van der Waals surface area contributed by atoms with Crippen molar-refractivity contribution in [3.63, 3.8) is 0 Å². The average Bonchev–Trinajstić information content (AvgIpc) is 3.09. The van der Waals surface area contributed by atoms with Gasteiger partial charge in [0.15, 0.2) is 11.6 Å². The molecule has 1 aliphatic rings. The van der Waals surface area contributed by atoms with E-state index in [1.807, 2.05) is 4.90 Å². The summed E-state index contributed by atoms with van der Waals surface area (Å²) in [5.74, 6) is -0.901. The Morgan fingerprint density at radius 2 is 2.13 bits per heavy atom. The van der Waals surface area contributed by atoms with Crippen molar-refractivity contribution in [3.05, 3.63) is 41.3 Å². The van der Waals surface area contributed by atoms with Crippen molar-refractivity contribution in [2.24, 2.45) is 0 Å². The Bertz CT molecular complexity index is 692. The maximum Gasteiger partial charge on any atom is 0.265 e. The quantitative estimate of drug-likeness (QED) is 0.924. The fourth-order valence-electron chi connectivity index (χ4n) is 2.79. The molecule has 1 fully saturated rings. The molecule has 1 aromatic heterocycles. The van der Waals surface area contributed by atoms with Crippen LogP contribution in [0.1, 0.15) is 23.9 Å². The molecule has 0 unspecified atom stereocenters. The molecule has 1 saturated heterocycles. The number of hydrogen-bond acceptors (Lipinski definition) is 6. The monoisotopic (exact) mass is 324 g/mol. The Hall–Kier alpha value is -2.06. The highest BCUT2D eigenvalue weighted by Crippen LogP contribution is 2.33. The fraction of sp³-hybridized carbons (Fsp3) is 0.467. The molecule has 0 bridgehead atoms. The number of anilines is 1. The predicted octanol–water partition coefficient (Wildman–Crippen LogP) is 1.72. The summed E-state index contributed by atoms with van der Waals surface area (Å²) in [6, 6.07) is 3.58. The number of hydrogen-bond donors (Lipinski definition) is 1. The van der Waals surface area contributed by atoms with Crippen molar-refractivity contribution in [1.29, 1.82) is 0 Å². The van der Waals surface area contributed by atoms with Gasteiger partial charge in [-0.3, -0.25) is 4.90 Å². The van der Waals surface area contributed by atoms with E-state index >= 15 is 0 Å². The molecule has 0 radical (unpaired) electrons. The highest BCUT2D eigenvalue weighted by Gasteiger charge is 2.33. The van der Waals surface area contributed by atoms with Gasteiger partial charge in [0.2, 0.25) is 5.89 Å². The summed E-state index contributed by atoms with van der Waals surface area (Å²) in [6.07, 6.45) is -0.0934. The summed E-state index contributed by atoms with van der Waals surface area (Å²) < 4.78 is 31.8. The summed E-state index contributed by atoms with van der Waals surface area (Å²) in [4.78, 5) is 7.89. The van der Waals surface area contributed by atoms with Gasteiger partial charge in [0, 0.05) is 26.7 Å². The molecular weight excluding hydrogens is 306 g/mol. The summed E-state index contributed by atoms with van der Waals surface area (Å²) >= 11 is 0. The van der Waals surface area contributed by atoms with Crippen LogP contribution in [0.25, 0.3) is 0 Å². The minimum atomic E-state index is -0.892. The van der Waals surface area contributed by atoms with Crippen LogP contribution in [0.4, 0.5) is 14.7 Å². The standard InChI is InChI=1S/C15H18F2N4O2/c1-20(2)15-18-14(23-19-15)8-21-7-10(22)6-13(21)9-3-4-11(16)12(17)5-9/h3-5,10,13,22H,6-8H2,1-2H3/t10-,13-/m1/s1. The Kier molecular flexibility index (Phi) is 4.27. The van der Waals surface area contributed by atoms with Gasteiger partial charge in [-0.15, -0.1) is 0 Å². The van der Waals surface area contributed by atoms with E-state index in [4.69, 9.17) is 4.52 Å². The molecule has 1 aliphatic heterocycles. The second-order valence-corrected chi connectivity index (χ2v) is 5.89. The summed E-state index contributed by atoms with van der Waals surface area (Å²) in [6.45, 7) is 0.741. The molecule has 0 spiro atoms. The van der Waals surface area contributed by atoms with Gasteiger partial charge < -0.3 is 14.5 Å². The summed E-state index contributed by atoms with van der Waals surface area (Å²) in [5.41, 5.74) is 0.618. The zero-order valence-electron chi connectivity index (χ0n) is 12.9. The predicted molar refractivity (Wildman–Crippen MR) is 78.8 cm³/mol. The van der Waals surface area contributed by atoms with E-state index in [-0.39, 0.29) is 6.04 Å². The number of rotatable bonds is 4. The van der Waals surface area contributed by atoms with Crippen LogP contribution in [0, 0.1) is 11.6 Å². The number of halogens is 2. The lowest BCUT2D eigenvalue weighted by atomic mass is 10.0. The second-order valence-electron chi connectivity index (χ2n) is 5.89. The molecule has 0 saturated carbocycles. The number of β-amino-alcohol motifs (C(OH)–C–C–N with tert-alkyl or cyclic N) is 1. The maximum atomic E-state index is 13.5. The fourth-order valence-corrected chi connectivity index (χ4v) is 2.79. The van der Waals surface area contributed by atoms with Crippen molar-refractivity contribution in [3.8, 4) is 0 Å². The molecule has 23 heavy (non-hydrogen) atoms. The molecule has 3 rings (SSSR count). The van der Waals surface area contributed by atoms with E-state index in [9.17, 15) is 13.9 Å². The van der Waals surface area contributed by atoms with Crippen molar-refractivity contribution in [2.75, 3.05) is 25.5 Å². The van der Waals surface area contributed by atoms with Crippen molar-refractivity contribution in [2.45, 2.75) is 25.1 Å². The van der Waals surface area contributed by atoms with Gasteiger partial charge in [-0.05, 0) is 29.3 Å². The van der Waals surface area contributed by atoms with Gasteiger partial charge in [-0.1, -0.05) is 6.07 Å². The van der Waals surface area contributed by atoms with Gasteiger partial charge in [0.25, 0.3) is 5.95 Å². The lowest BCUT2D eigenvalue weighted by molar-refractivity contribution is 0.164. The third-order valence-corrected chi connectivity index (χ3v) is 3.91. The van der Waals surface area contributed by atoms with Crippen LogP contribution in [0.5, 0.6) is 0 Å². The number of likely N-dealkylation sites (tertiary alicyclic amines) is 1. The van der Waals surface area contributed by atoms with E-state index in [0.717, 1.165) is 6.07 Å². The van der Waals surface area contributed by atoms with E-state index in [1.54, 1.807) is 19.0 Å². The van der Waals surface area contributed by atoms with Crippen molar-refractivity contribution < 1.29 is 18.4 Å². The number of aliphatic hydroxyl groups excluding tert-OH is 1. The molecule has 2 atom stereocenters. The first-order chi connectivity index (χ1) is 10.9. The van der Waals surface area contributed by atoms with Crippen LogP contribution in [0.3, 0.4) is 0 Å². The Morgan fingerprint density at radius 3 is 2.78 bits per heavy atom. The Balaban J connectivity index is 1.80. The number of nitrogens with zero attached hydrogens (tertiary/aromatic N) is 4. The van der Waals surface area contributed by atoms with Gasteiger partial charge in [-0.25, -0.2) is 8.78 Å². The Morgan fingerprint density at radius 1 is 1.35 bits per heavy atom. The number of aliphatic hydroxyl groups is 1. The zero-order valence-corrected chi connectivity index (χ0v) is 12.9. The van der Waals surface area contributed by atoms with Gasteiger partial charge in [0.05, 0.1) is 12.6 Å². The molecule has 124 valence electrons. The van der Waals surface area contributed by atoms with Crippen LogP contribution in [0.15, 0.2) is 22.7 Å². The smallest absolute Gasteiger partial charge is 0.265 e. The van der Waals surface area contributed by atoms with E-state index in [1.165, 1.54) is 12.1 Å². The topological polar surface area (TPSA) is 65.6 Å². The van der Waals surface area contributed by atoms with Crippen LogP contribution < -0.4 is 4.90 Å². The first kappa shape index (κ1) is 15.8. The van der Waals surface area contributed by atoms with E-state index in [2.05, 4.69) is 10.1 Å². The van der Waals surface area contributed by atoms with Gasteiger partial charge >= 0.3 is 0 Å². The number of aromatic nitrogens is 2. The maximum absolute atomic E-state index is 13.5. The SMILES string of the molecule is CN(C)c1noc(CN2C[C@H](O)C[C@@H]2c2ccc(F)c(F)c2)n1. The number of benzene rings is 1. The minimum absolute atomic E-state index is 0.227. The lowest BCUT2D eigenvalue weighted by Gasteiger charge is -2.22. The summed E-state index contributed by atoms with van der Waals surface area (Å²) in [7, 11) is 3.61. The van der Waals surface area contributed by atoms with Gasteiger partial charge in [0.1, 0.15) is 0 Å². The molecule has 1 aromatic carbocycles. The third-order valence-electron chi connectivity index (χ3n) is 3.91. The highest BCUT2D eigenvalue weighted by atomic mass is 19.2.